The Bertz CT molecular complexity index is 1040. The lowest BCUT2D eigenvalue weighted by atomic mass is 10.0. The monoisotopic (exact) mass is 476 g/mol. The molecule has 0 aromatic heterocycles. The molecule has 1 amide bonds. The maximum atomic E-state index is 13.2. The van der Waals surface area contributed by atoms with Crippen molar-refractivity contribution in [2.75, 3.05) is 32.1 Å². The predicted octanol–water partition coefficient (Wildman–Crippen LogP) is 2.49. The number of ether oxygens (including phenoxy) is 1. The first-order valence-corrected chi connectivity index (χ1v) is 9.73. The highest BCUT2D eigenvalue weighted by Gasteiger charge is 2.35. The van der Waals surface area contributed by atoms with Gasteiger partial charge in [-0.05, 0) is 42.5 Å². The molecule has 1 heterocycles. The summed E-state index contributed by atoms with van der Waals surface area (Å²) in [5.74, 6) is -2.04. The van der Waals surface area contributed by atoms with Crippen LogP contribution >= 0.6 is 15.9 Å². The molecular formula is C21H18BrFN2O5. The molecule has 0 spiro atoms. The fourth-order valence-electron chi connectivity index (χ4n) is 3.05. The highest BCUT2D eigenvalue weighted by molar-refractivity contribution is 9.10. The maximum Gasteiger partial charge on any atom is 0.337 e. The van der Waals surface area contributed by atoms with Crippen molar-refractivity contribution < 1.29 is 28.6 Å². The number of carbonyl (C=O) groups is 3. The van der Waals surface area contributed by atoms with Crippen molar-refractivity contribution in [1.29, 1.82) is 0 Å². The van der Waals surface area contributed by atoms with E-state index in [1.54, 1.807) is 18.2 Å². The van der Waals surface area contributed by atoms with Crippen LogP contribution in [0.2, 0.25) is 0 Å². The average molecular weight is 477 g/mol. The SMILES string of the molecule is COC(=O)C1=C(Nc2ccc(Br)cc2C(=O)c2ccc(F)cc2)C(=O)N(CCO)C1. The summed E-state index contributed by atoms with van der Waals surface area (Å²) in [6.07, 6.45) is 0. The van der Waals surface area contributed by atoms with E-state index in [2.05, 4.69) is 21.2 Å². The van der Waals surface area contributed by atoms with Crippen molar-refractivity contribution >= 4 is 39.3 Å². The molecular weight excluding hydrogens is 459 g/mol. The van der Waals surface area contributed by atoms with Crippen molar-refractivity contribution in [2.45, 2.75) is 0 Å². The van der Waals surface area contributed by atoms with E-state index in [9.17, 15) is 18.8 Å². The fraction of sp³-hybridized carbons (Fsp3) is 0.190. The molecule has 1 aliphatic rings. The molecule has 1 aliphatic heterocycles. The molecule has 0 saturated heterocycles. The van der Waals surface area contributed by atoms with Gasteiger partial charge in [0.1, 0.15) is 11.5 Å². The average Bonchev–Trinajstić information content (AvgIpc) is 3.04. The molecule has 7 nitrogen and oxygen atoms in total. The van der Waals surface area contributed by atoms with Crippen LogP contribution in [0.4, 0.5) is 10.1 Å². The van der Waals surface area contributed by atoms with Crippen LogP contribution in [-0.2, 0) is 14.3 Å². The molecule has 2 N–H and O–H groups in total. The zero-order valence-corrected chi connectivity index (χ0v) is 17.5. The molecule has 30 heavy (non-hydrogen) atoms. The molecule has 0 radical (unpaired) electrons. The van der Waals surface area contributed by atoms with E-state index in [4.69, 9.17) is 9.84 Å². The number of amides is 1. The second kappa shape index (κ2) is 9.19. The summed E-state index contributed by atoms with van der Waals surface area (Å²) in [6, 6.07) is 9.93. The number of halogens is 2. The predicted molar refractivity (Wildman–Crippen MR) is 110 cm³/mol. The van der Waals surface area contributed by atoms with Gasteiger partial charge in [-0.3, -0.25) is 9.59 Å². The quantitative estimate of drug-likeness (QED) is 0.470. The Labute approximate surface area is 180 Å². The molecule has 0 atom stereocenters. The third-order valence-corrected chi connectivity index (χ3v) is 5.04. The number of esters is 1. The van der Waals surface area contributed by atoms with Crippen LogP contribution in [0, 0.1) is 5.82 Å². The van der Waals surface area contributed by atoms with Gasteiger partial charge >= 0.3 is 5.97 Å². The normalized spacial score (nSPS) is 13.6. The molecule has 0 aliphatic carbocycles. The van der Waals surface area contributed by atoms with E-state index < -0.39 is 23.5 Å². The number of aliphatic hydroxyl groups excluding tert-OH is 1. The highest BCUT2D eigenvalue weighted by Crippen LogP contribution is 2.28. The Kier molecular flexibility index (Phi) is 6.63. The first kappa shape index (κ1) is 21.7. The molecule has 0 fully saturated rings. The third-order valence-electron chi connectivity index (χ3n) is 4.55. The van der Waals surface area contributed by atoms with E-state index in [-0.39, 0.29) is 42.1 Å². The number of rotatable bonds is 7. The molecule has 3 rings (SSSR count). The second-order valence-corrected chi connectivity index (χ2v) is 7.36. The van der Waals surface area contributed by atoms with Crippen molar-refractivity contribution in [3.8, 4) is 0 Å². The van der Waals surface area contributed by atoms with Crippen molar-refractivity contribution in [1.82, 2.24) is 4.90 Å². The van der Waals surface area contributed by atoms with E-state index in [0.717, 1.165) is 0 Å². The number of aliphatic hydroxyl groups is 1. The molecule has 156 valence electrons. The number of β-amino-alcohol motifs (C(OH)–C–C–N with tert-alkyl or cyclic N) is 1. The van der Waals surface area contributed by atoms with Crippen LogP contribution < -0.4 is 5.32 Å². The first-order valence-electron chi connectivity index (χ1n) is 8.94. The van der Waals surface area contributed by atoms with E-state index >= 15 is 0 Å². The van der Waals surface area contributed by atoms with Gasteiger partial charge in [-0.25, -0.2) is 9.18 Å². The van der Waals surface area contributed by atoms with Crippen molar-refractivity contribution in [3.05, 3.63) is 75.2 Å². The molecule has 0 saturated carbocycles. The number of carbonyl (C=O) groups excluding carboxylic acids is 3. The van der Waals surface area contributed by atoms with Gasteiger partial charge in [-0.1, -0.05) is 15.9 Å². The molecule has 0 bridgehead atoms. The Morgan fingerprint density at radius 1 is 1.23 bits per heavy atom. The summed E-state index contributed by atoms with van der Waals surface area (Å²) in [5.41, 5.74) is 0.855. The number of methoxy groups -OCH3 is 1. The second-order valence-electron chi connectivity index (χ2n) is 6.45. The van der Waals surface area contributed by atoms with Gasteiger partial charge in [0.2, 0.25) is 0 Å². The summed E-state index contributed by atoms with van der Waals surface area (Å²) in [4.78, 5) is 39.2. The van der Waals surface area contributed by atoms with Gasteiger partial charge in [0.25, 0.3) is 5.91 Å². The Morgan fingerprint density at radius 3 is 2.57 bits per heavy atom. The Hall–Kier alpha value is -3.04. The standard InChI is InChI=1S/C21H18BrFN2O5/c1-30-21(29)16-11-25(8-9-26)20(28)18(16)24-17-7-4-13(22)10-15(17)19(27)12-2-5-14(23)6-3-12/h2-7,10,24,26H,8-9,11H2,1H3. The van der Waals surface area contributed by atoms with Crippen LogP contribution in [0.3, 0.4) is 0 Å². The zero-order valence-electron chi connectivity index (χ0n) is 15.9. The fourth-order valence-corrected chi connectivity index (χ4v) is 3.41. The Balaban J connectivity index is 2.01. The van der Waals surface area contributed by atoms with Crippen LogP contribution in [-0.4, -0.2) is 54.5 Å². The maximum absolute atomic E-state index is 13.2. The van der Waals surface area contributed by atoms with Crippen molar-refractivity contribution in [3.63, 3.8) is 0 Å². The third kappa shape index (κ3) is 4.42. The summed E-state index contributed by atoms with van der Waals surface area (Å²) in [7, 11) is 1.20. The number of hydrogen-bond donors (Lipinski definition) is 2. The minimum atomic E-state index is -0.685. The van der Waals surface area contributed by atoms with Crippen LogP contribution in [0.15, 0.2) is 58.2 Å². The number of nitrogens with one attached hydrogen (secondary N) is 1. The molecule has 2 aromatic rings. The lowest BCUT2D eigenvalue weighted by molar-refractivity contribution is -0.136. The molecule has 2 aromatic carbocycles. The largest absolute Gasteiger partial charge is 0.466 e. The van der Waals surface area contributed by atoms with Gasteiger partial charge in [0.05, 0.1) is 25.8 Å². The van der Waals surface area contributed by atoms with E-state index in [0.29, 0.717) is 10.2 Å². The van der Waals surface area contributed by atoms with Crippen LogP contribution in [0.1, 0.15) is 15.9 Å². The van der Waals surface area contributed by atoms with E-state index in [1.807, 2.05) is 0 Å². The molecule has 0 unspecified atom stereocenters. The van der Waals surface area contributed by atoms with E-state index in [1.165, 1.54) is 36.3 Å². The minimum Gasteiger partial charge on any atom is -0.466 e. The molecule has 9 heteroatoms. The Morgan fingerprint density at radius 2 is 1.93 bits per heavy atom. The van der Waals surface area contributed by atoms with Crippen LogP contribution in [0.25, 0.3) is 0 Å². The van der Waals surface area contributed by atoms with Gasteiger partial charge in [-0.2, -0.15) is 0 Å². The van der Waals surface area contributed by atoms with Gasteiger partial charge in [0, 0.05) is 27.8 Å². The number of hydrogen-bond acceptors (Lipinski definition) is 6. The number of benzene rings is 2. The van der Waals surface area contributed by atoms with Crippen molar-refractivity contribution in [2.24, 2.45) is 0 Å². The highest BCUT2D eigenvalue weighted by atomic mass is 79.9. The summed E-state index contributed by atoms with van der Waals surface area (Å²) in [6.45, 7) is -0.238. The van der Waals surface area contributed by atoms with Crippen LogP contribution in [0.5, 0.6) is 0 Å². The lowest BCUT2D eigenvalue weighted by Gasteiger charge is -2.16. The topological polar surface area (TPSA) is 95.9 Å². The zero-order chi connectivity index (χ0) is 21.8. The number of ketones is 1. The first-order chi connectivity index (χ1) is 14.3. The summed E-state index contributed by atoms with van der Waals surface area (Å²) < 4.78 is 18.6. The van der Waals surface area contributed by atoms with Gasteiger partial charge in [0.15, 0.2) is 5.78 Å². The number of anilines is 1. The minimum absolute atomic E-state index is 0.0217. The van der Waals surface area contributed by atoms with Gasteiger partial charge < -0.3 is 20.1 Å². The summed E-state index contributed by atoms with van der Waals surface area (Å²) in [5, 5.41) is 12.1. The smallest absolute Gasteiger partial charge is 0.337 e. The lowest BCUT2D eigenvalue weighted by Crippen LogP contribution is -2.31. The van der Waals surface area contributed by atoms with Gasteiger partial charge in [-0.15, -0.1) is 0 Å². The number of nitrogens with zero attached hydrogens (tertiary/aromatic N) is 1. The summed E-state index contributed by atoms with van der Waals surface area (Å²) >= 11 is 3.32.